The van der Waals surface area contributed by atoms with E-state index in [0.717, 1.165) is 31.2 Å². The Bertz CT molecular complexity index is 512. The third-order valence-corrected chi connectivity index (χ3v) is 4.51. The van der Waals surface area contributed by atoms with Gasteiger partial charge in [0.15, 0.2) is 0 Å². The first-order chi connectivity index (χ1) is 10.2. The number of amides is 1. The minimum atomic E-state index is -0.725. The molecule has 1 atom stereocenters. The molecule has 5 nitrogen and oxygen atoms in total. The summed E-state index contributed by atoms with van der Waals surface area (Å²) < 4.78 is 5.48. The minimum Gasteiger partial charge on any atom is -0.477 e. The van der Waals surface area contributed by atoms with E-state index in [4.69, 9.17) is 4.74 Å². The molecule has 0 saturated heterocycles. The topological polar surface area (TPSA) is 71.5 Å². The van der Waals surface area contributed by atoms with E-state index in [-0.39, 0.29) is 11.8 Å². The van der Waals surface area contributed by atoms with Crippen molar-refractivity contribution in [3.05, 3.63) is 23.9 Å². The maximum atomic E-state index is 12.4. The molecular weight excluding hydrogens is 268 g/mol. The molecule has 0 spiro atoms. The second-order valence-corrected chi connectivity index (χ2v) is 6.09. The number of aliphatic hydroxyl groups is 1. The molecule has 21 heavy (non-hydrogen) atoms. The largest absolute Gasteiger partial charge is 0.477 e. The molecule has 2 N–H and O–H groups in total. The van der Waals surface area contributed by atoms with E-state index < -0.39 is 5.60 Å². The number of ether oxygens (including phenoxy) is 1. The third-order valence-electron chi connectivity index (χ3n) is 4.51. The average Bonchev–Trinajstić information content (AvgIpc) is 2.53. The SMILES string of the molecule is O=C(NCC1(O)CCCCC1)C1CCOc2ncccc21. The zero-order chi connectivity index (χ0) is 14.7. The van der Waals surface area contributed by atoms with Crippen LogP contribution in [0.4, 0.5) is 0 Å². The Morgan fingerprint density at radius 2 is 2.24 bits per heavy atom. The van der Waals surface area contributed by atoms with Crippen molar-refractivity contribution in [3.8, 4) is 5.88 Å². The van der Waals surface area contributed by atoms with Crippen molar-refractivity contribution in [2.75, 3.05) is 13.2 Å². The van der Waals surface area contributed by atoms with Crippen LogP contribution in [-0.4, -0.2) is 34.8 Å². The highest BCUT2D eigenvalue weighted by Gasteiger charge is 2.32. The van der Waals surface area contributed by atoms with Gasteiger partial charge in [-0.1, -0.05) is 25.3 Å². The minimum absolute atomic E-state index is 0.0356. The molecule has 114 valence electrons. The molecule has 1 aromatic rings. The molecule has 1 saturated carbocycles. The summed E-state index contributed by atoms with van der Waals surface area (Å²) in [5.74, 6) is 0.293. The quantitative estimate of drug-likeness (QED) is 0.890. The number of rotatable bonds is 3. The van der Waals surface area contributed by atoms with Gasteiger partial charge in [-0.3, -0.25) is 4.79 Å². The summed E-state index contributed by atoms with van der Waals surface area (Å²) in [6.45, 7) is 0.852. The Balaban J connectivity index is 1.64. The number of nitrogens with one attached hydrogen (secondary N) is 1. The van der Waals surface area contributed by atoms with Crippen LogP contribution in [0.1, 0.15) is 50.0 Å². The molecule has 2 aliphatic rings. The first-order valence-corrected chi connectivity index (χ1v) is 7.76. The lowest BCUT2D eigenvalue weighted by atomic mass is 9.84. The first kappa shape index (κ1) is 14.3. The van der Waals surface area contributed by atoms with E-state index in [2.05, 4.69) is 10.3 Å². The van der Waals surface area contributed by atoms with Gasteiger partial charge in [0.05, 0.1) is 18.1 Å². The van der Waals surface area contributed by atoms with E-state index in [0.29, 0.717) is 25.5 Å². The number of hydrogen-bond donors (Lipinski definition) is 2. The molecule has 3 rings (SSSR count). The predicted molar refractivity (Wildman–Crippen MR) is 78.1 cm³/mol. The van der Waals surface area contributed by atoms with E-state index in [1.54, 1.807) is 6.20 Å². The number of fused-ring (bicyclic) bond motifs is 1. The van der Waals surface area contributed by atoms with Crippen LogP contribution in [0.25, 0.3) is 0 Å². The lowest BCUT2D eigenvalue weighted by Crippen LogP contribution is -2.45. The Kier molecular flexibility index (Phi) is 4.10. The van der Waals surface area contributed by atoms with Crippen LogP contribution >= 0.6 is 0 Å². The van der Waals surface area contributed by atoms with Gasteiger partial charge in [-0.05, 0) is 25.3 Å². The van der Waals surface area contributed by atoms with E-state index in [1.807, 2.05) is 12.1 Å². The molecule has 1 amide bonds. The van der Waals surface area contributed by atoms with Crippen molar-refractivity contribution in [2.24, 2.45) is 0 Å². The van der Waals surface area contributed by atoms with E-state index in [9.17, 15) is 9.90 Å². The van der Waals surface area contributed by atoms with Gasteiger partial charge in [-0.2, -0.15) is 0 Å². The van der Waals surface area contributed by atoms with Crippen LogP contribution in [0.5, 0.6) is 5.88 Å². The third kappa shape index (κ3) is 3.18. The zero-order valence-corrected chi connectivity index (χ0v) is 12.2. The molecular formula is C16H22N2O3. The Labute approximate surface area is 124 Å². The monoisotopic (exact) mass is 290 g/mol. The Hall–Kier alpha value is -1.62. The highest BCUT2D eigenvalue weighted by atomic mass is 16.5. The molecule has 0 bridgehead atoms. The Morgan fingerprint density at radius 1 is 1.43 bits per heavy atom. The maximum Gasteiger partial charge on any atom is 0.227 e. The van der Waals surface area contributed by atoms with Crippen molar-refractivity contribution in [3.63, 3.8) is 0 Å². The van der Waals surface area contributed by atoms with E-state index >= 15 is 0 Å². The molecule has 0 radical (unpaired) electrons. The number of aromatic nitrogens is 1. The molecule has 1 fully saturated rings. The zero-order valence-electron chi connectivity index (χ0n) is 12.2. The highest BCUT2D eigenvalue weighted by Crippen LogP contribution is 2.32. The smallest absolute Gasteiger partial charge is 0.227 e. The summed E-state index contributed by atoms with van der Waals surface area (Å²) in [7, 11) is 0. The summed E-state index contributed by atoms with van der Waals surface area (Å²) in [4.78, 5) is 16.6. The number of carbonyl (C=O) groups is 1. The van der Waals surface area contributed by atoms with Crippen LogP contribution in [-0.2, 0) is 4.79 Å². The fraction of sp³-hybridized carbons (Fsp3) is 0.625. The van der Waals surface area contributed by atoms with Gasteiger partial charge in [0.25, 0.3) is 0 Å². The number of pyridine rings is 1. The van der Waals surface area contributed by atoms with Gasteiger partial charge in [-0.15, -0.1) is 0 Å². The molecule has 5 heteroatoms. The van der Waals surface area contributed by atoms with Crippen LogP contribution in [0.3, 0.4) is 0 Å². The molecule has 1 aliphatic carbocycles. The van der Waals surface area contributed by atoms with Gasteiger partial charge in [-0.25, -0.2) is 4.98 Å². The normalized spacial score (nSPS) is 23.8. The summed E-state index contributed by atoms with van der Waals surface area (Å²) in [5, 5.41) is 13.4. The predicted octanol–water partition coefficient (Wildman–Crippen LogP) is 1.76. The van der Waals surface area contributed by atoms with Gasteiger partial charge < -0.3 is 15.2 Å². The second kappa shape index (κ2) is 6.02. The first-order valence-electron chi connectivity index (χ1n) is 7.76. The van der Waals surface area contributed by atoms with Crippen molar-refractivity contribution < 1.29 is 14.6 Å². The van der Waals surface area contributed by atoms with Crippen LogP contribution in [0.15, 0.2) is 18.3 Å². The van der Waals surface area contributed by atoms with Crippen molar-refractivity contribution >= 4 is 5.91 Å². The summed E-state index contributed by atoms with van der Waals surface area (Å²) in [5.41, 5.74) is 0.119. The van der Waals surface area contributed by atoms with Crippen molar-refractivity contribution in [1.82, 2.24) is 10.3 Å². The molecule has 2 heterocycles. The van der Waals surface area contributed by atoms with Crippen LogP contribution in [0.2, 0.25) is 0 Å². The fourth-order valence-corrected chi connectivity index (χ4v) is 3.25. The molecule has 1 unspecified atom stereocenters. The second-order valence-electron chi connectivity index (χ2n) is 6.09. The standard InChI is InChI=1S/C16H22N2O3/c19-14(18-11-16(20)7-2-1-3-8-16)12-6-10-21-15-13(12)5-4-9-17-15/h4-5,9,12,20H,1-3,6-8,10-11H2,(H,18,19). The number of hydrogen-bond acceptors (Lipinski definition) is 4. The Morgan fingerprint density at radius 3 is 3.05 bits per heavy atom. The lowest BCUT2D eigenvalue weighted by molar-refractivity contribution is -0.124. The average molecular weight is 290 g/mol. The van der Waals surface area contributed by atoms with Gasteiger partial charge in [0, 0.05) is 18.3 Å². The molecule has 1 aliphatic heterocycles. The summed E-state index contributed by atoms with van der Waals surface area (Å²) in [6.07, 6.45) is 7.13. The summed E-state index contributed by atoms with van der Waals surface area (Å²) in [6, 6.07) is 3.71. The molecule has 1 aromatic heterocycles. The number of nitrogens with zero attached hydrogens (tertiary/aromatic N) is 1. The highest BCUT2D eigenvalue weighted by molar-refractivity contribution is 5.84. The lowest BCUT2D eigenvalue weighted by Gasteiger charge is -2.33. The maximum absolute atomic E-state index is 12.4. The fourth-order valence-electron chi connectivity index (χ4n) is 3.25. The number of carbonyl (C=O) groups excluding carboxylic acids is 1. The van der Waals surface area contributed by atoms with Gasteiger partial charge >= 0.3 is 0 Å². The van der Waals surface area contributed by atoms with Crippen LogP contribution < -0.4 is 10.1 Å². The van der Waals surface area contributed by atoms with Crippen LogP contribution in [0, 0.1) is 0 Å². The molecule has 0 aromatic carbocycles. The van der Waals surface area contributed by atoms with Crippen molar-refractivity contribution in [1.29, 1.82) is 0 Å². The summed E-state index contributed by atoms with van der Waals surface area (Å²) >= 11 is 0. The van der Waals surface area contributed by atoms with Gasteiger partial charge in [0.1, 0.15) is 0 Å². The van der Waals surface area contributed by atoms with E-state index in [1.165, 1.54) is 6.42 Å². The van der Waals surface area contributed by atoms with Crippen molar-refractivity contribution in [2.45, 2.75) is 50.0 Å². The van der Waals surface area contributed by atoms with Gasteiger partial charge in [0.2, 0.25) is 11.8 Å².